The van der Waals surface area contributed by atoms with E-state index in [0.717, 1.165) is 47.3 Å². The molecule has 2 aromatic rings. The number of methoxy groups -OCH3 is 1. The van der Waals surface area contributed by atoms with Crippen LogP contribution in [-0.4, -0.2) is 82.2 Å². The number of ether oxygens (including phenoxy) is 2. The van der Waals surface area contributed by atoms with Gasteiger partial charge >= 0.3 is 10.8 Å². The van der Waals surface area contributed by atoms with E-state index in [2.05, 4.69) is 4.98 Å². The first-order valence-corrected chi connectivity index (χ1v) is 13.5. The minimum Gasteiger partial charge on any atom is -0.493 e. The third-order valence-corrected chi connectivity index (χ3v) is 9.22. The van der Waals surface area contributed by atoms with Crippen LogP contribution in [0.5, 0.6) is 11.5 Å². The molecule has 196 valence electrons. The summed E-state index contributed by atoms with van der Waals surface area (Å²) in [7, 11) is 1.46. The molecule has 2 fully saturated rings. The number of hydrogen-bond donors (Lipinski definition) is 2. The standard InChI is InChI=1S/C24H25N3O8S2/c1-34-14-9-12(5-6-13(14)35-11-15(28)26-7-3-2-4-8-26)17-18-20(36-21-19(17)37-24(33)25-21)23(32)27(22(18)31)10-16(29)30/h5-6,9,17-18,20H,2-4,7-8,10-11H2,1H3,(H,25,33)(H,29,30)/t17-,18?,20?/m0/s1. The highest BCUT2D eigenvalue weighted by Gasteiger charge is 2.56. The second-order valence-electron chi connectivity index (χ2n) is 9.05. The van der Waals surface area contributed by atoms with Crippen molar-refractivity contribution in [3.05, 3.63) is 38.3 Å². The zero-order valence-electron chi connectivity index (χ0n) is 19.9. The number of amides is 3. The zero-order valence-corrected chi connectivity index (χ0v) is 21.6. The second kappa shape index (κ2) is 10.2. The summed E-state index contributed by atoms with van der Waals surface area (Å²) in [5.74, 6) is -3.43. The fourth-order valence-electron chi connectivity index (χ4n) is 5.10. The number of piperidine rings is 1. The maximum Gasteiger partial charge on any atom is 0.323 e. The molecule has 3 amide bonds. The van der Waals surface area contributed by atoms with Crippen LogP contribution in [0.25, 0.3) is 0 Å². The van der Waals surface area contributed by atoms with Gasteiger partial charge in [-0.1, -0.05) is 29.2 Å². The smallest absolute Gasteiger partial charge is 0.323 e. The summed E-state index contributed by atoms with van der Waals surface area (Å²) in [4.78, 5) is 67.9. The molecule has 5 rings (SSSR count). The van der Waals surface area contributed by atoms with Crippen LogP contribution in [0.15, 0.2) is 28.0 Å². The number of nitrogens with one attached hydrogen (secondary N) is 1. The zero-order chi connectivity index (χ0) is 26.3. The van der Waals surface area contributed by atoms with Crippen molar-refractivity contribution in [1.82, 2.24) is 14.8 Å². The number of imide groups is 1. The molecule has 0 bridgehead atoms. The predicted octanol–water partition coefficient (Wildman–Crippen LogP) is 1.51. The van der Waals surface area contributed by atoms with Crippen molar-refractivity contribution >= 4 is 46.8 Å². The maximum absolute atomic E-state index is 13.3. The van der Waals surface area contributed by atoms with E-state index in [1.165, 1.54) is 7.11 Å². The number of H-pyrrole nitrogens is 1. The average Bonchev–Trinajstić information content (AvgIpc) is 3.38. The molecule has 37 heavy (non-hydrogen) atoms. The van der Waals surface area contributed by atoms with Gasteiger partial charge in [-0.2, -0.15) is 0 Å². The van der Waals surface area contributed by atoms with Crippen molar-refractivity contribution in [2.45, 2.75) is 35.5 Å². The normalized spacial score (nSPS) is 23.0. The molecule has 13 heteroatoms. The van der Waals surface area contributed by atoms with E-state index in [4.69, 9.17) is 9.47 Å². The number of nitrogens with zero attached hydrogens (tertiary/aromatic N) is 2. The Morgan fingerprint density at radius 1 is 1.11 bits per heavy atom. The van der Waals surface area contributed by atoms with Crippen molar-refractivity contribution in [2.75, 3.05) is 33.4 Å². The van der Waals surface area contributed by atoms with Gasteiger partial charge in [-0.05, 0) is 37.0 Å². The molecule has 4 heterocycles. The Morgan fingerprint density at radius 3 is 2.57 bits per heavy atom. The average molecular weight is 548 g/mol. The largest absolute Gasteiger partial charge is 0.493 e. The van der Waals surface area contributed by atoms with Gasteiger partial charge in [-0.25, -0.2) is 0 Å². The number of carbonyl (C=O) groups excluding carboxylic acids is 3. The van der Waals surface area contributed by atoms with Gasteiger partial charge in [-0.3, -0.25) is 28.9 Å². The van der Waals surface area contributed by atoms with Crippen LogP contribution >= 0.6 is 23.1 Å². The van der Waals surface area contributed by atoms with E-state index in [0.29, 0.717) is 40.1 Å². The molecule has 1 aromatic heterocycles. The topological polar surface area (TPSA) is 146 Å². The quantitative estimate of drug-likeness (QED) is 0.493. The fourth-order valence-corrected chi connectivity index (χ4v) is 7.63. The lowest BCUT2D eigenvalue weighted by Gasteiger charge is -2.30. The molecular weight excluding hydrogens is 522 g/mol. The van der Waals surface area contributed by atoms with E-state index in [-0.39, 0.29) is 17.4 Å². The van der Waals surface area contributed by atoms with Crippen molar-refractivity contribution in [3.63, 3.8) is 0 Å². The highest BCUT2D eigenvalue weighted by atomic mass is 32.2. The lowest BCUT2D eigenvalue weighted by Crippen LogP contribution is -2.38. The lowest BCUT2D eigenvalue weighted by molar-refractivity contribution is -0.149. The number of aromatic nitrogens is 1. The highest BCUT2D eigenvalue weighted by molar-refractivity contribution is 8.00. The van der Waals surface area contributed by atoms with Crippen LogP contribution < -0.4 is 14.3 Å². The number of thioether (sulfide) groups is 1. The van der Waals surface area contributed by atoms with Crippen LogP contribution in [0.2, 0.25) is 0 Å². The molecule has 0 saturated carbocycles. The molecule has 11 nitrogen and oxygen atoms in total. The first-order valence-electron chi connectivity index (χ1n) is 11.8. The van der Waals surface area contributed by atoms with E-state index in [1.807, 2.05) is 0 Å². The number of likely N-dealkylation sites (tertiary alicyclic amines) is 2. The monoisotopic (exact) mass is 547 g/mol. The number of carboxylic acid groups (broad SMARTS) is 1. The Kier molecular flexibility index (Phi) is 6.99. The summed E-state index contributed by atoms with van der Waals surface area (Å²) in [5.41, 5.74) is 0.608. The van der Waals surface area contributed by atoms with Crippen LogP contribution in [0.1, 0.15) is 35.6 Å². The van der Waals surface area contributed by atoms with Gasteiger partial charge in [0.1, 0.15) is 11.8 Å². The molecular formula is C24H25N3O8S2. The third kappa shape index (κ3) is 4.73. The van der Waals surface area contributed by atoms with Crippen LogP contribution in [-0.2, 0) is 19.2 Å². The van der Waals surface area contributed by atoms with Gasteiger partial charge in [0, 0.05) is 23.9 Å². The first-order chi connectivity index (χ1) is 17.8. The van der Waals surface area contributed by atoms with Gasteiger partial charge < -0.3 is 24.5 Å². The fraction of sp³-hybridized carbons (Fsp3) is 0.458. The number of rotatable bonds is 7. The van der Waals surface area contributed by atoms with E-state index in [9.17, 15) is 29.1 Å². The lowest BCUT2D eigenvalue weighted by atomic mass is 9.83. The molecule has 0 radical (unpaired) electrons. The molecule has 3 aliphatic rings. The summed E-state index contributed by atoms with van der Waals surface area (Å²) >= 11 is 2.03. The molecule has 0 spiro atoms. The van der Waals surface area contributed by atoms with Gasteiger partial charge in [-0.15, -0.1) is 0 Å². The van der Waals surface area contributed by atoms with Crippen molar-refractivity contribution in [3.8, 4) is 11.5 Å². The molecule has 2 N–H and O–H groups in total. The third-order valence-electron chi connectivity index (χ3n) is 6.82. The molecule has 3 atom stereocenters. The molecule has 1 aromatic carbocycles. The number of aromatic amines is 1. The summed E-state index contributed by atoms with van der Waals surface area (Å²) in [5, 5.41) is 8.84. The van der Waals surface area contributed by atoms with Crippen LogP contribution in [0.4, 0.5) is 0 Å². The van der Waals surface area contributed by atoms with E-state index >= 15 is 0 Å². The summed E-state index contributed by atoms with van der Waals surface area (Å²) in [6.07, 6.45) is 3.06. The number of hydrogen-bond acceptors (Lipinski definition) is 9. The maximum atomic E-state index is 13.3. The van der Waals surface area contributed by atoms with E-state index in [1.54, 1.807) is 23.1 Å². The molecule has 0 aliphatic carbocycles. The number of fused-ring (bicyclic) bond motifs is 2. The number of benzene rings is 1. The number of carboxylic acids is 1. The van der Waals surface area contributed by atoms with Crippen molar-refractivity contribution in [2.24, 2.45) is 5.92 Å². The van der Waals surface area contributed by atoms with E-state index < -0.39 is 41.4 Å². The molecule has 2 unspecified atom stereocenters. The van der Waals surface area contributed by atoms with Crippen molar-refractivity contribution in [1.29, 1.82) is 0 Å². The summed E-state index contributed by atoms with van der Waals surface area (Å²) in [6, 6.07) is 5.02. The summed E-state index contributed by atoms with van der Waals surface area (Å²) in [6.45, 7) is 0.576. The van der Waals surface area contributed by atoms with Gasteiger partial charge in [0.05, 0.1) is 18.1 Å². The molecule has 2 saturated heterocycles. The van der Waals surface area contributed by atoms with Gasteiger partial charge in [0.15, 0.2) is 18.1 Å². The van der Waals surface area contributed by atoms with Gasteiger partial charge in [0.25, 0.3) is 5.91 Å². The first kappa shape index (κ1) is 25.3. The predicted molar refractivity (Wildman–Crippen MR) is 133 cm³/mol. The SMILES string of the molecule is COc1cc([C@@H]2c3sc(=O)[nH]c3SC3C(=O)N(CC(=O)O)C(=O)C32)ccc1OCC(=O)N1CCCCC1. The summed E-state index contributed by atoms with van der Waals surface area (Å²) < 4.78 is 11.3. The number of carbonyl (C=O) groups is 4. The van der Waals surface area contributed by atoms with Crippen LogP contribution in [0, 0.1) is 5.92 Å². The Morgan fingerprint density at radius 2 is 1.86 bits per heavy atom. The van der Waals surface area contributed by atoms with Gasteiger partial charge in [0.2, 0.25) is 11.8 Å². The minimum atomic E-state index is -1.28. The van der Waals surface area contributed by atoms with Crippen molar-refractivity contribution < 1.29 is 33.8 Å². The second-order valence-corrected chi connectivity index (χ2v) is 11.2. The van der Waals surface area contributed by atoms with Crippen LogP contribution in [0.3, 0.4) is 0 Å². The number of thiazole rings is 1. The molecule has 3 aliphatic heterocycles. The Balaban J connectivity index is 1.45. The number of aliphatic carboxylic acids is 1. The Labute approximate surface area is 219 Å². The highest BCUT2D eigenvalue weighted by Crippen LogP contribution is 2.53. The Bertz CT molecular complexity index is 1320. The minimum absolute atomic E-state index is 0.103. The Hall–Kier alpha value is -3.32.